The van der Waals surface area contributed by atoms with Crippen LogP contribution in [0.1, 0.15) is 40.5 Å². The molecule has 0 spiro atoms. The number of aromatic nitrogens is 2. The molecule has 2 aliphatic heterocycles. The number of nitrogens with one attached hydrogen (secondary N) is 1. The lowest BCUT2D eigenvalue weighted by Gasteiger charge is -2.28. The molecule has 2 unspecified atom stereocenters. The molecule has 4 rings (SSSR count). The monoisotopic (exact) mass is 516 g/mol. The second-order valence-corrected chi connectivity index (χ2v) is 10.1. The van der Waals surface area contributed by atoms with E-state index in [9.17, 15) is 9.59 Å². The molecule has 0 bridgehead atoms. The van der Waals surface area contributed by atoms with E-state index in [1.807, 2.05) is 13.8 Å². The molecule has 2 amide bonds. The molecule has 36 heavy (non-hydrogen) atoms. The van der Waals surface area contributed by atoms with Crippen molar-refractivity contribution < 1.29 is 23.8 Å². The van der Waals surface area contributed by atoms with Gasteiger partial charge in [0.2, 0.25) is 5.91 Å². The third-order valence-corrected chi connectivity index (χ3v) is 6.64. The van der Waals surface area contributed by atoms with E-state index >= 15 is 0 Å². The van der Waals surface area contributed by atoms with E-state index in [1.165, 1.54) is 11.0 Å². The van der Waals surface area contributed by atoms with Crippen LogP contribution in [0.5, 0.6) is 5.75 Å². The van der Waals surface area contributed by atoms with Crippen LogP contribution in [0.2, 0.25) is 5.02 Å². The minimum absolute atomic E-state index is 0.119. The van der Waals surface area contributed by atoms with Crippen molar-refractivity contribution in [3.63, 3.8) is 0 Å². The standard InChI is InChI=1S/C26H33ClN4O5/c1-5-17(2)12-21(31-15-18(13-24(31)32)35-22-9-7-6-8-20(22)27)25(33)28-23-10-11-30(29-23)14-19-16-34-26(3,4)36-19/h6-11,13,17,19,21H,5,12,14-16H2,1-4H3,(H,28,29,33)/t17?,19-,21?/m1/s1. The van der Waals surface area contributed by atoms with Crippen LogP contribution in [-0.4, -0.2) is 57.6 Å². The summed E-state index contributed by atoms with van der Waals surface area (Å²) in [7, 11) is 0. The summed E-state index contributed by atoms with van der Waals surface area (Å²) in [5, 5.41) is 7.80. The highest BCUT2D eigenvalue weighted by Crippen LogP contribution is 2.28. The Hall–Kier alpha value is -2.88. The molecule has 2 aromatic rings. The van der Waals surface area contributed by atoms with Crippen LogP contribution in [-0.2, 0) is 25.6 Å². The minimum atomic E-state index is -0.673. The van der Waals surface area contributed by atoms with Crippen LogP contribution in [0.4, 0.5) is 5.82 Å². The van der Waals surface area contributed by atoms with Crippen molar-refractivity contribution in [2.45, 2.75) is 65.0 Å². The first-order valence-electron chi connectivity index (χ1n) is 12.2. The van der Waals surface area contributed by atoms with Gasteiger partial charge in [-0.15, -0.1) is 0 Å². The summed E-state index contributed by atoms with van der Waals surface area (Å²) >= 11 is 6.20. The lowest BCUT2D eigenvalue weighted by atomic mass is 9.97. The number of nitrogens with zero attached hydrogens (tertiary/aromatic N) is 3. The lowest BCUT2D eigenvalue weighted by Crippen LogP contribution is -2.46. The Morgan fingerprint density at radius 1 is 1.33 bits per heavy atom. The molecule has 3 atom stereocenters. The van der Waals surface area contributed by atoms with Gasteiger partial charge in [0.15, 0.2) is 11.6 Å². The van der Waals surface area contributed by atoms with E-state index in [4.69, 9.17) is 25.8 Å². The van der Waals surface area contributed by atoms with Gasteiger partial charge in [-0.3, -0.25) is 14.3 Å². The molecular weight excluding hydrogens is 484 g/mol. The quantitative estimate of drug-likeness (QED) is 0.507. The fourth-order valence-corrected chi connectivity index (χ4v) is 4.41. The molecule has 0 radical (unpaired) electrons. The fourth-order valence-electron chi connectivity index (χ4n) is 4.23. The van der Waals surface area contributed by atoms with Crippen LogP contribution < -0.4 is 10.1 Å². The van der Waals surface area contributed by atoms with Gasteiger partial charge < -0.3 is 24.4 Å². The van der Waals surface area contributed by atoms with E-state index in [1.54, 1.807) is 41.2 Å². The molecule has 1 aromatic heterocycles. The molecule has 1 fully saturated rings. The number of hydrogen-bond acceptors (Lipinski definition) is 6. The number of ether oxygens (including phenoxy) is 3. The van der Waals surface area contributed by atoms with E-state index in [0.29, 0.717) is 41.9 Å². The average molecular weight is 517 g/mol. The molecular formula is C26H33ClN4O5. The molecule has 3 heterocycles. The molecule has 1 N–H and O–H groups in total. The van der Waals surface area contributed by atoms with E-state index < -0.39 is 11.8 Å². The van der Waals surface area contributed by atoms with Gasteiger partial charge in [-0.05, 0) is 38.3 Å². The first-order valence-corrected chi connectivity index (χ1v) is 12.6. The van der Waals surface area contributed by atoms with Gasteiger partial charge in [0.1, 0.15) is 23.7 Å². The fraction of sp³-hybridized carbons (Fsp3) is 0.500. The largest absolute Gasteiger partial charge is 0.458 e. The highest BCUT2D eigenvalue weighted by atomic mass is 35.5. The molecule has 1 saturated heterocycles. The molecule has 10 heteroatoms. The van der Waals surface area contributed by atoms with Crippen LogP contribution in [0.15, 0.2) is 48.4 Å². The van der Waals surface area contributed by atoms with E-state index in [0.717, 1.165) is 6.42 Å². The minimum Gasteiger partial charge on any atom is -0.458 e. The Morgan fingerprint density at radius 3 is 2.81 bits per heavy atom. The van der Waals surface area contributed by atoms with Gasteiger partial charge >= 0.3 is 0 Å². The summed E-state index contributed by atoms with van der Waals surface area (Å²) in [5.41, 5.74) is 0. The normalized spacial score (nSPS) is 20.8. The lowest BCUT2D eigenvalue weighted by molar-refractivity contribution is -0.139. The summed E-state index contributed by atoms with van der Waals surface area (Å²) in [6.45, 7) is 9.04. The summed E-state index contributed by atoms with van der Waals surface area (Å²) in [6, 6.07) is 8.13. The first kappa shape index (κ1) is 26.2. The predicted octanol–water partition coefficient (Wildman–Crippen LogP) is 4.24. The summed E-state index contributed by atoms with van der Waals surface area (Å²) < 4.78 is 19.0. The highest BCUT2D eigenvalue weighted by Gasteiger charge is 2.36. The Kier molecular flexibility index (Phi) is 8.02. The number of anilines is 1. The van der Waals surface area contributed by atoms with E-state index in [2.05, 4.69) is 24.3 Å². The molecule has 2 aliphatic rings. The van der Waals surface area contributed by atoms with Crippen molar-refractivity contribution >= 4 is 29.2 Å². The number of carbonyl (C=O) groups excluding carboxylic acids is 2. The number of amides is 2. The average Bonchev–Trinajstić information content (AvgIpc) is 3.52. The SMILES string of the molecule is CCC(C)CC(C(=O)Nc1ccn(C[C@@H]2COC(C)(C)O2)n1)N1CC(Oc2ccccc2Cl)=CC1=O. The van der Waals surface area contributed by atoms with Gasteiger partial charge in [-0.25, -0.2) is 0 Å². The number of benzene rings is 1. The second-order valence-electron chi connectivity index (χ2n) is 9.74. The first-order chi connectivity index (χ1) is 17.1. The van der Waals surface area contributed by atoms with Crippen LogP contribution >= 0.6 is 11.6 Å². The van der Waals surface area contributed by atoms with Crippen LogP contribution in [0, 0.1) is 5.92 Å². The number of rotatable bonds is 10. The zero-order chi connectivity index (χ0) is 25.9. The third-order valence-electron chi connectivity index (χ3n) is 6.32. The van der Waals surface area contributed by atoms with Gasteiger partial charge in [-0.1, -0.05) is 44.0 Å². The zero-order valence-electron chi connectivity index (χ0n) is 21.1. The summed E-state index contributed by atoms with van der Waals surface area (Å²) in [4.78, 5) is 27.8. The smallest absolute Gasteiger partial charge is 0.251 e. The van der Waals surface area contributed by atoms with Crippen molar-refractivity contribution in [1.29, 1.82) is 0 Å². The maximum Gasteiger partial charge on any atom is 0.251 e. The van der Waals surface area contributed by atoms with Gasteiger partial charge in [0.25, 0.3) is 5.91 Å². The molecule has 1 aromatic carbocycles. The number of halogens is 1. The van der Waals surface area contributed by atoms with Gasteiger partial charge in [0.05, 0.1) is 24.7 Å². The van der Waals surface area contributed by atoms with Crippen LogP contribution in [0.3, 0.4) is 0 Å². The Balaban J connectivity index is 1.41. The van der Waals surface area contributed by atoms with Crippen molar-refractivity contribution in [1.82, 2.24) is 14.7 Å². The Morgan fingerprint density at radius 2 is 2.11 bits per heavy atom. The molecule has 0 aliphatic carbocycles. The maximum absolute atomic E-state index is 13.4. The van der Waals surface area contributed by atoms with Crippen molar-refractivity contribution in [2.24, 2.45) is 5.92 Å². The van der Waals surface area contributed by atoms with Crippen molar-refractivity contribution in [3.05, 3.63) is 53.4 Å². The molecule has 0 saturated carbocycles. The number of hydrogen-bond donors (Lipinski definition) is 1. The van der Waals surface area contributed by atoms with Crippen LogP contribution in [0.25, 0.3) is 0 Å². The Labute approximate surface area is 216 Å². The highest BCUT2D eigenvalue weighted by molar-refractivity contribution is 6.32. The van der Waals surface area contributed by atoms with Crippen molar-refractivity contribution in [2.75, 3.05) is 18.5 Å². The number of carbonyl (C=O) groups is 2. The molecule has 9 nitrogen and oxygen atoms in total. The third kappa shape index (κ3) is 6.46. The molecule has 194 valence electrons. The topological polar surface area (TPSA) is 94.9 Å². The second kappa shape index (κ2) is 11.0. The maximum atomic E-state index is 13.4. The summed E-state index contributed by atoms with van der Waals surface area (Å²) in [5.74, 6) is 0.398. The predicted molar refractivity (Wildman–Crippen MR) is 135 cm³/mol. The van der Waals surface area contributed by atoms with Gasteiger partial charge in [-0.2, -0.15) is 5.10 Å². The van der Waals surface area contributed by atoms with Crippen molar-refractivity contribution in [3.8, 4) is 5.75 Å². The van der Waals surface area contributed by atoms with E-state index in [-0.39, 0.29) is 30.4 Å². The Bertz CT molecular complexity index is 1130. The summed E-state index contributed by atoms with van der Waals surface area (Å²) in [6.07, 6.45) is 4.49. The zero-order valence-corrected chi connectivity index (χ0v) is 21.8. The number of para-hydroxylation sites is 1. The van der Waals surface area contributed by atoms with Gasteiger partial charge in [0, 0.05) is 18.3 Å².